The van der Waals surface area contributed by atoms with Crippen LogP contribution in [0.2, 0.25) is 0 Å². The van der Waals surface area contributed by atoms with Crippen molar-refractivity contribution in [2.75, 3.05) is 23.9 Å². The summed E-state index contributed by atoms with van der Waals surface area (Å²) in [5.74, 6) is 0. The molecule has 172 valence electrons. The molecule has 0 radical (unpaired) electrons. The van der Waals surface area contributed by atoms with Gasteiger partial charge in [-0.05, 0) is 97.9 Å². The maximum atomic E-state index is 5.92. The van der Waals surface area contributed by atoms with E-state index in [0.717, 1.165) is 22.8 Å². The van der Waals surface area contributed by atoms with Crippen molar-refractivity contribution in [2.24, 2.45) is 0 Å². The normalized spacial score (nSPS) is 17.6. The van der Waals surface area contributed by atoms with E-state index >= 15 is 0 Å². The predicted octanol–water partition coefficient (Wildman–Crippen LogP) is 5.73. The third-order valence-corrected chi connectivity index (χ3v) is 6.62. The Morgan fingerprint density at radius 2 is 1.62 bits per heavy atom. The topological polar surface area (TPSA) is 36.3 Å². The number of nitrogens with one attached hydrogen (secondary N) is 1. The predicted molar refractivity (Wildman–Crippen MR) is 144 cm³/mol. The fourth-order valence-corrected chi connectivity index (χ4v) is 5.15. The summed E-state index contributed by atoms with van der Waals surface area (Å²) in [5.41, 5.74) is 7.93. The van der Waals surface area contributed by atoms with E-state index in [-0.39, 0.29) is 12.1 Å². The summed E-state index contributed by atoms with van der Waals surface area (Å²) in [6.07, 6.45) is 3.96. The molecule has 2 aromatic carbocycles. The lowest BCUT2D eigenvalue weighted by Crippen LogP contribution is -2.30. The van der Waals surface area contributed by atoms with Gasteiger partial charge in [-0.15, -0.1) is 0 Å². The van der Waals surface area contributed by atoms with Crippen molar-refractivity contribution in [3.05, 3.63) is 108 Å². The Balaban J connectivity index is 1.65. The van der Waals surface area contributed by atoms with Gasteiger partial charge in [-0.25, -0.2) is 0 Å². The number of pyridine rings is 1. The van der Waals surface area contributed by atoms with Crippen molar-refractivity contribution in [2.45, 2.75) is 25.9 Å². The van der Waals surface area contributed by atoms with E-state index in [0.29, 0.717) is 5.11 Å². The van der Waals surface area contributed by atoms with Crippen molar-refractivity contribution in [3.63, 3.8) is 0 Å². The van der Waals surface area contributed by atoms with Gasteiger partial charge in [0.15, 0.2) is 5.11 Å². The molecule has 5 nitrogen and oxygen atoms in total. The largest absolute Gasteiger partial charge is 0.378 e. The average Bonchev–Trinajstić information content (AvgIpc) is 3.43. The maximum absolute atomic E-state index is 5.92. The Labute approximate surface area is 206 Å². The van der Waals surface area contributed by atoms with Crippen molar-refractivity contribution in [3.8, 4) is 5.69 Å². The molecule has 1 saturated heterocycles. The Morgan fingerprint density at radius 3 is 2.26 bits per heavy atom. The molecule has 2 atom stereocenters. The minimum Gasteiger partial charge on any atom is -0.378 e. The average molecular weight is 468 g/mol. The second kappa shape index (κ2) is 8.95. The summed E-state index contributed by atoms with van der Waals surface area (Å²) in [7, 11) is 4.11. The molecule has 0 aliphatic carbocycles. The van der Waals surface area contributed by atoms with Crippen LogP contribution in [0.5, 0.6) is 0 Å². The van der Waals surface area contributed by atoms with Gasteiger partial charge in [-0.1, -0.05) is 12.1 Å². The third kappa shape index (κ3) is 4.05. The van der Waals surface area contributed by atoms with Gasteiger partial charge in [0.2, 0.25) is 0 Å². The molecule has 1 N–H and O–H groups in total. The first-order chi connectivity index (χ1) is 16.4. The highest BCUT2D eigenvalue weighted by Crippen LogP contribution is 2.42. The van der Waals surface area contributed by atoms with Crippen LogP contribution in [0.3, 0.4) is 0 Å². The van der Waals surface area contributed by atoms with E-state index in [4.69, 9.17) is 12.2 Å². The minimum absolute atomic E-state index is 0.0628. The van der Waals surface area contributed by atoms with Crippen LogP contribution in [0.25, 0.3) is 5.69 Å². The van der Waals surface area contributed by atoms with E-state index in [9.17, 15) is 0 Å². The lowest BCUT2D eigenvalue weighted by atomic mass is 10.00. The molecule has 2 aromatic heterocycles. The minimum atomic E-state index is -0.0794. The zero-order chi connectivity index (χ0) is 23.8. The third-order valence-electron chi connectivity index (χ3n) is 6.31. The maximum Gasteiger partial charge on any atom is 0.174 e. The number of nitrogens with zero attached hydrogens (tertiary/aromatic N) is 4. The molecule has 0 amide bonds. The first-order valence-corrected chi connectivity index (χ1v) is 11.9. The number of hydrogen-bond acceptors (Lipinski definition) is 3. The molecule has 0 saturated carbocycles. The van der Waals surface area contributed by atoms with Crippen LogP contribution in [0.15, 0.2) is 85.2 Å². The lowest BCUT2D eigenvalue weighted by molar-refractivity contribution is 0.549. The molecular weight excluding hydrogens is 438 g/mol. The molecule has 3 heterocycles. The van der Waals surface area contributed by atoms with Gasteiger partial charge in [0.05, 0.1) is 11.7 Å². The molecule has 0 bridgehead atoms. The van der Waals surface area contributed by atoms with E-state index in [1.165, 1.54) is 16.8 Å². The standard InChI is InChI=1S/C28H29N5S/c1-19-16-20(2)18-23(17-19)33-27(26(30-28(33)34)24-8-5-6-14-29-24)25-9-7-15-32(25)22-12-10-21(11-13-22)31(3)4/h5-18,26-27H,1-4H3,(H,30,34)/t26-,27-/m0/s1. The summed E-state index contributed by atoms with van der Waals surface area (Å²) < 4.78 is 2.26. The van der Waals surface area contributed by atoms with Crippen molar-refractivity contribution in [1.82, 2.24) is 14.9 Å². The van der Waals surface area contributed by atoms with Crippen LogP contribution in [-0.4, -0.2) is 28.8 Å². The fourth-order valence-electron chi connectivity index (χ4n) is 4.80. The smallest absolute Gasteiger partial charge is 0.174 e. The van der Waals surface area contributed by atoms with Crippen LogP contribution < -0.4 is 15.1 Å². The quantitative estimate of drug-likeness (QED) is 0.379. The molecular formula is C28H29N5S. The summed E-state index contributed by atoms with van der Waals surface area (Å²) in [6, 6.07) is 25.4. The molecule has 0 unspecified atom stereocenters. The molecule has 5 rings (SSSR count). The summed E-state index contributed by atoms with van der Waals surface area (Å²) in [6.45, 7) is 4.26. The van der Waals surface area contributed by atoms with Gasteiger partial charge in [-0.2, -0.15) is 0 Å². The molecule has 4 aromatic rings. The fraction of sp³-hybridized carbons (Fsp3) is 0.214. The van der Waals surface area contributed by atoms with Gasteiger partial charge in [0, 0.05) is 49.2 Å². The number of aryl methyl sites for hydroxylation is 2. The Kier molecular flexibility index (Phi) is 5.84. The second-order valence-corrected chi connectivity index (χ2v) is 9.44. The monoisotopic (exact) mass is 467 g/mol. The van der Waals surface area contributed by atoms with Gasteiger partial charge in [0.1, 0.15) is 6.04 Å². The Morgan fingerprint density at radius 1 is 0.882 bits per heavy atom. The summed E-state index contributed by atoms with van der Waals surface area (Å²) in [4.78, 5) is 9.04. The Bertz CT molecular complexity index is 1290. The highest BCUT2D eigenvalue weighted by molar-refractivity contribution is 7.80. The van der Waals surface area contributed by atoms with Crippen LogP contribution in [0.4, 0.5) is 11.4 Å². The van der Waals surface area contributed by atoms with Crippen molar-refractivity contribution < 1.29 is 0 Å². The van der Waals surface area contributed by atoms with E-state index < -0.39 is 0 Å². The van der Waals surface area contributed by atoms with Crippen LogP contribution in [-0.2, 0) is 0 Å². The highest BCUT2D eigenvalue weighted by atomic mass is 32.1. The van der Waals surface area contributed by atoms with Crippen molar-refractivity contribution in [1.29, 1.82) is 0 Å². The first kappa shape index (κ1) is 22.2. The van der Waals surface area contributed by atoms with E-state index in [2.05, 4.69) is 119 Å². The van der Waals surface area contributed by atoms with E-state index in [1.807, 2.05) is 18.3 Å². The summed E-state index contributed by atoms with van der Waals surface area (Å²) >= 11 is 5.92. The van der Waals surface area contributed by atoms with Gasteiger partial charge >= 0.3 is 0 Å². The number of benzene rings is 2. The number of hydrogen-bond donors (Lipinski definition) is 1. The van der Waals surface area contributed by atoms with Crippen LogP contribution in [0, 0.1) is 13.8 Å². The second-order valence-electron chi connectivity index (χ2n) is 9.06. The molecule has 34 heavy (non-hydrogen) atoms. The zero-order valence-corrected chi connectivity index (χ0v) is 20.8. The number of aromatic nitrogens is 2. The molecule has 1 aliphatic heterocycles. The molecule has 1 aliphatic rings. The highest BCUT2D eigenvalue weighted by Gasteiger charge is 2.42. The lowest BCUT2D eigenvalue weighted by Gasteiger charge is -2.29. The number of anilines is 2. The van der Waals surface area contributed by atoms with Gasteiger partial charge < -0.3 is 19.7 Å². The SMILES string of the molecule is Cc1cc(C)cc(N2C(=S)N[C@@H](c3ccccn3)[C@@H]2c2cccn2-c2ccc(N(C)C)cc2)c1. The Hall–Kier alpha value is -3.64. The van der Waals surface area contributed by atoms with E-state index in [1.54, 1.807) is 0 Å². The number of thiocarbonyl (C=S) groups is 1. The first-order valence-electron chi connectivity index (χ1n) is 11.5. The summed E-state index contributed by atoms with van der Waals surface area (Å²) in [5, 5.41) is 4.28. The molecule has 6 heteroatoms. The number of rotatable bonds is 5. The van der Waals surface area contributed by atoms with Gasteiger partial charge in [-0.3, -0.25) is 4.98 Å². The van der Waals surface area contributed by atoms with Gasteiger partial charge in [0.25, 0.3) is 0 Å². The molecule has 0 spiro atoms. The van der Waals surface area contributed by atoms with Crippen LogP contribution >= 0.6 is 12.2 Å². The molecule has 1 fully saturated rings. The zero-order valence-electron chi connectivity index (χ0n) is 19.9. The van der Waals surface area contributed by atoms with Crippen molar-refractivity contribution >= 4 is 28.7 Å². The van der Waals surface area contributed by atoms with Crippen LogP contribution in [0.1, 0.15) is 34.6 Å².